The first kappa shape index (κ1) is 11.0. The number of hydrogen-bond acceptors (Lipinski definition) is 3. The smallest absolute Gasteiger partial charge is 0.269 e. The van der Waals surface area contributed by atoms with Crippen LogP contribution in [0.5, 0.6) is 0 Å². The van der Waals surface area contributed by atoms with Crippen molar-refractivity contribution in [3.05, 3.63) is 47.3 Å². The number of nitrogens with two attached hydrogens (primary N) is 1. The zero-order chi connectivity index (χ0) is 12.5. The molecule has 0 spiro atoms. The van der Waals surface area contributed by atoms with Gasteiger partial charge in [-0.15, -0.1) is 0 Å². The fourth-order valence-electron chi connectivity index (χ4n) is 2.21. The number of amides is 1. The summed E-state index contributed by atoms with van der Waals surface area (Å²) in [5.74, 6) is -0.504. The standard InChI is InChI=1S/C13H14N4O/c14-13(18)12-4-6-17(16-12)11-2-1-10-8-15-5-3-9(10)7-11/h1-2,4,6-7,15H,3,5,8H2,(H2,14,18). The number of aromatic nitrogens is 2. The molecule has 0 saturated carbocycles. The van der Waals surface area contributed by atoms with Gasteiger partial charge in [0.2, 0.25) is 0 Å². The van der Waals surface area contributed by atoms with Crippen molar-refractivity contribution in [2.24, 2.45) is 5.73 Å². The molecule has 2 aromatic rings. The SMILES string of the molecule is NC(=O)c1ccn(-c2ccc3c(c2)CCNC3)n1. The normalized spacial score (nSPS) is 14.2. The summed E-state index contributed by atoms with van der Waals surface area (Å²) in [6.07, 6.45) is 2.77. The van der Waals surface area contributed by atoms with Gasteiger partial charge in [0.15, 0.2) is 0 Å². The van der Waals surface area contributed by atoms with E-state index >= 15 is 0 Å². The molecule has 2 heterocycles. The molecule has 0 saturated heterocycles. The highest BCUT2D eigenvalue weighted by Crippen LogP contribution is 2.18. The number of carbonyl (C=O) groups excluding carboxylic acids is 1. The number of nitrogens with one attached hydrogen (secondary N) is 1. The maximum absolute atomic E-state index is 11.0. The minimum absolute atomic E-state index is 0.286. The third-order valence-corrected chi connectivity index (χ3v) is 3.18. The van der Waals surface area contributed by atoms with Gasteiger partial charge in [-0.3, -0.25) is 4.79 Å². The summed E-state index contributed by atoms with van der Waals surface area (Å²) >= 11 is 0. The maximum atomic E-state index is 11.0. The molecule has 0 atom stereocenters. The topological polar surface area (TPSA) is 72.9 Å². The Hall–Kier alpha value is -2.14. The maximum Gasteiger partial charge on any atom is 0.269 e. The molecule has 0 bridgehead atoms. The van der Waals surface area contributed by atoms with Crippen LogP contribution in [0.25, 0.3) is 5.69 Å². The quantitative estimate of drug-likeness (QED) is 0.810. The Balaban J connectivity index is 1.98. The van der Waals surface area contributed by atoms with Crippen molar-refractivity contribution in [1.29, 1.82) is 0 Å². The van der Waals surface area contributed by atoms with Gasteiger partial charge in [0.25, 0.3) is 5.91 Å². The number of primary amides is 1. The van der Waals surface area contributed by atoms with Gasteiger partial charge >= 0.3 is 0 Å². The van der Waals surface area contributed by atoms with E-state index in [1.807, 2.05) is 6.07 Å². The fourth-order valence-corrected chi connectivity index (χ4v) is 2.21. The second-order valence-corrected chi connectivity index (χ2v) is 4.39. The Morgan fingerprint density at radius 1 is 1.33 bits per heavy atom. The average molecular weight is 242 g/mol. The van der Waals surface area contributed by atoms with Crippen molar-refractivity contribution in [3.63, 3.8) is 0 Å². The molecule has 0 fully saturated rings. The van der Waals surface area contributed by atoms with E-state index in [0.29, 0.717) is 0 Å². The molecule has 18 heavy (non-hydrogen) atoms. The van der Waals surface area contributed by atoms with Crippen molar-refractivity contribution in [3.8, 4) is 5.69 Å². The van der Waals surface area contributed by atoms with Crippen LogP contribution >= 0.6 is 0 Å². The summed E-state index contributed by atoms with van der Waals surface area (Å²) in [4.78, 5) is 11.0. The van der Waals surface area contributed by atoms with Gasteiger partial charge in [-0.25, -0.2) is 4.68 Å². The van der Waals surface area contributed by atoms with E-state index in [1.165, 1.54) is 11.1 Å². The summed E-state index contributed by atoms with van der Waals surface area (Å²) < 4.78 is 1.68. The Labute approximate surface area is 105 Å². The molecule has 5 nitrogen and oxygen atoms in total. The van der Waals surface area contributed by atoms with Crippen molar-refractivity contribution >= 4 is 5.91 Å². The lowest BCUT2D eigenvalue weighted by Crippen LogP contribution is -2.23. The molecule has 3 N–H and O–H groups in total. The van der Waals surface area contributed by atoms with Crippen LogP contribution in [0.3, 0.4) is 0 Å². The molecule has 1 aromatic carbocycles. The Morgan fingerprint density at radius 3 is 3.00 bits per heavy atom. The molecule has 1 aliphatic heterocycles. The minimum Gasteiger partial charge on any atom is -0.364 e. The molecule has 1 amide bonds. The van der Waals surface area contributed by atoms with Gasteiger partial charge in [0.1, 0.15) is 5.69 Å². The Kier molecular flexibility index (Phi) is 2.60. The van der Waals surface area contributed by atoms with E-state index in [0.717, 1.165) is 25.2 Å². The van der Waals surface area contributed by atoms with Crippen LogP contribution in [0.4, 0.5) is 0 Å². The van der Waals surface area contributed by atoms with E-state index in [9.17, 15) is 4.79 Å². The number of fused-ring (bicyclic) bond motifs is 1. The molecule has 5 heteroatoms. The zero-order valence-electron chi connectivity index (χ0n) is 9.89. The molecular formula is C13H14N4O. The number of benzene rings is 1. The van der Waals surface area contributed by atoms with Crippen LogP contribution < -0.4 is 11.1 Å². The van der Waals surface area contributed by atoms with E-state index in [-0.39, 0.29) is 5.69 Å². The minimum atomic E-state index is -0.504. The Bertz CT molecular complexity index is 603. The summed E-state index contributed by atoms with van der Waals surface area (Å²) in [6, 6.07) is 7.85. The largest absolute Gasteiger partial charge is 0.364 e. The Morgan fingerprint density at radius 2 is 2.22 bits per heavy atom. The summed E-state index contributed by atoms with van der Waals surface area (Å²) in [5.41, 5.74) is 9.10. The van der Waals surface area contributed by atoms with Gasteiger partial charge in [-0.2, -0.15) is 5.10 Å². The van der Waals surface area contributed by atoms with Crippen LogP contribution in [0.15, 0.2) is 30.5 Å². The third kappa shape index (κ3) is 1.89. The molecular weight excluding hydrogens is 228 g/mol. The lowest BCUT2D eigenvalue weighted by atomic mass is 10.0. The molecule has 0 unspecified atom stereocenters. The molecule has 0 aliphatic carbocycles. The third-order valence-electron chi connectivity index (χ3n) is 3.18. The highest BCUT2D eigenvalue weighted by atomic mass is 16.1. The monoisotopic (exact) mass is 242 g/mol. The molecule has 0 radical (unpaired) electrons. The first-order chi connectivity index (χ1) is 8.74. The van der Waals surface area contributed by atoms with E-state index in [2.05, 4.69) is 22.5 Å². The number of hydrogen-bond donors (Lipinski definition) is 2. The van der Waals surface area contributed by atoms with Gasteiger partial charge in [-0.1, -0.05) is 6.07 Å². The predicted molar refractivity (Wildman–Crippen MR) is 67.5 cm³/mol. The molecule has 1 aromatic heterocycles. The summed E-state index contributed by atoms with van der Waals surface area (Å²) in [6.45, 7) is 1.92. The van der Waals surface area contributed by atoms with Crippen molar-refractivity contribution in [2.45, 2.75) is 13.0 Å². The first-order valence-corrected chi connectivity index (χ1v) is 5.92. The van der Waals surface area contributed by atoms with Crippen LogP contribution in [0, 0.1) is 0 Å². The van der Waals surface area contributed by atoms with Crippen LogP contribution in [-0.4, -0.2) is 22.2 Å². The second kappa shape index (κ2) is 4.27. The highest BCUT2D eigenvalue weighted by molar-refractivity contribution is 5.90. The van der Waals surface area contributed by atoms with E-state index < -0.39 is 5.91 Å². The lowest BCUT2D eigenvalue weighted by Gasteiger charge is -2.17. The van der Waals surface area contributed by atoms with Crippen molar-refractivity contribution < 1.29 is 4.79 Å². The highest BCUT2D eigenvalue weighted by Gasteiger charge is 2.11. The van der Waals surface area contributed by atoms with Crippen LogP contribution in [0.2, 0.25) is 0 Å². The number of rotatable bonds is 2. The average Bonchev–Trinajstić information content (AvgIpc) is 2.88. The number of carbonyl (C=O) groups is 1. The molecule has 1 aliphatic rings. The lowest BCUT2D eigenvalue weighted by molar-refractivity contribution is 0.0995. The first-order valence-electron chi connectivity index (χ1n) is 5.92. The van der Waals surface area contributed by atoms with Crippen molar-refractivity contribution in [2.75, 3.05) is 6.54 Å². The van der Waals surface area contributed by atoms with Gasteiger partial charge in [0.05, 0.1) is 5.69 Å². The van der Waals surface area contributed by atoms with Gasteiger partial charge in [-0.05, 0) is 42.3 Å². The molecule has 92 valence electrons. The van der Waals surface area contributed by atoms with Gasteiger partial charge < -0.3 is 11.1 Å². The van der Waals surface area contributed by atoms with E-state index in [4.69, 9.17) is 5.73 Å². The van der Waals surface area contributed by atoms with E-state index in [1.54, 1.807) is 16.9 Å². The van der Waals surface area contributed by atoms with Crippen LogP contribution in [0.1, 0.15) is 21.6 Å². The second-order valence-electron chi connectivity index (χ2n) is 4.39. The molecule has 3 rings (SSSR count). The summed E-state index contributed by atoms with van der Waals surface area (Å²) in [7, 11) is 0. The number of nitrogens with zero attached hydrogens (tertiary/aromatic N) is 2. The van der Waals surface area contributed by atoms with Crippen molar-refractivity contribution in [1.82, 2.24) is 15.1 Å². The fraction of sp³-hybridized carbons (Fsp3) is 0.231. The summed E-state index contributed by atoms with van der Waals surface area (Å²) in [5, 5.41) is 7.49. The van der Waals surface area contributed by atoms with Gasteiger partial charge in [0, 0.05) is 12.7 Å². The predicted octanol–water partition coefficient (Wildman–Crippen LogP) is 0.617. The van der Waals surface area contributed by atoms with Crippen LogP contribution in [-0.2, 0) is 13.0 Å². The zero-order valence-corrected chi connectivity index (χ0v) is 9.89.